The second kappa shape index (κ2) is 9.39. The molecule has 0 atom stereocenters. The number of ketones is 1. The molecule has 0 spiro atoms. The standard InChI is InChI=1S/C27H25N3O4/c1-17-24(26(31)20-14-23(28-15-20)27(32)29-21-8-5-9-21)25(30-34-17)19-10-12-22(13-11-19)33-16-18-6-3-2-4-7-18/h2-4,6-7,10-15,21,28H,5,8-9,16H2,1H3,(H,29,32). The topological polar surface area (TPSA) is 97.2 Å². The molecule has 0 unspecified atom stereocenters. The van der Waals surface area contributed by atoms with Crippen molar-refractivity contribution in [2.45, 2.75) is 38.8 Å². The minimum absolute atomic E-state index is 0.197. The Morgan fingerprint density at radius 2 is 1.88 bits per heavy atom. The zero-order valence-corrected chi connectivity index (χ0v) is 18.8. The molecule has 5 rings (SSSR count). The monoisotopic (exact) mass is 455 g/mol. The summed E-state index contributed by atoms with van der Waals surface area (Å²) in [5.74, 6) is 0.689. The lowest BCUT2D eigenvalue weighted by molar-refractivity contribution is 0.0912. The molecule has 2 N–H and O–H groups in total. The van der Waals surface area contributed by atoms with Gasteiger partial charge in [0.25, 0.3) is 5.91 Å². The van der Waals surface area contributed by atoms with Gasteiger partial charge in [-0.15, -0.1) is 0 Å². The predicted octanol–water partition coefficient (Wildman–Crippen LogP) is 5.07. The third-order valence-corrected chi connectivity index (χ3v) is 6.10. The first-order valence-corrected chi connectivity index (χ1v) is 11.4. The minimum atomic E-state index is -0.253. The Morgan fingerprint density at radius 3 is 2.59 bits per heavy atom. The fourth-order valence-electron chi connectivity index (χ4n) is 3.90. The molecule has 1 aliphatic rings. The summed E-state index contributed by atoms with van der Waals surface area (Å²) in [4.78, 5) is 28.6. The number of carbonyl (C=O) groups excluding carboxylic acids is 2. The molecule has 1 saturated carbocycles. The Balaban J connectivity index is 1.31. The van der Waals surface area contributed by atoms with Crippen LogP contribution in [0.5, 0.6) is 5.75 Å². The third kappa shape index (κ3) is 4.50. The van der Waals surface area contributed by atoms with Crippen LogP contribution >= 0.6 is 0 Å². The summed E-state index contributed by atoms with van der Waals surface area (Å²) in [5, 5.41) is 7.10. The van der Waals surface area contributed by atoms with Crippen LogP contribution in [0.2, 0.25) is 0 Å². The highest BCUT2D eigenvalue weighted by molar-refractivity contribution is 6.13. The quantitative estimate of drug-likeness (QED) is 0.362. The van der Waals surface area contributed by atoms with Crippen LogP contribution in [0.3, 0.4) is 0 Å². The summed E-state index contributed by atoms with van der Waals surface area (Å²) in [5.41, 5.74) is 3.41. The molecule has 1 amide bonds. The Labute approximate surface area is 197 Å². The van der Waals surface area contributed by atoms with Crippen LogP contribution in [0, 0.1) is 6.92 Å². The summed E-state index contributed by atoms with van der Waals surface area (Å²) in [6.45, 7) is 2.18. The van der Waals surface area contributed by atoms with Gasteiger partial charge in [0, 0.05) is 23.4 Å². The fraction of sp³-hybridized carbons (Fsp3) is 0.222. The average Bonchev–Trinajstić information content (AvgIpc) is 3.48. The lowest BCUT2D eigenvalue weighted by atomic mass is 9.93. The summed E-state index contributed by atoms with van der Waals surface area (Å²) >= 11 is 0. The van der Waals surface area contributed by atoms with E-state index in [9.17, 15) is 9.59 Å². The lowest BCUT2D eigenvalue weighted by Crippen LogP contribution is -2.39. The highest BCUT2D eigenvalue weighted by atomic mass is 16.5. The summed E-state index contributed by atoms with van der Waals surface area (Å²) in [7, 11) is 0. The number of aromatic amines is 1. The summed E-state index contributed by atoms with van der Waals surface area (Å²) in [6.07, 6.45) is 4.68. The van der Waals surface area contributed by atoms with Crippen molar-refractivity contribution in [3.8, 4) is 17.0 Å². The molecule has 0 radical (unpaired) electrons. The van der Waals surface area contributed by atoms with Crippen LogP contribution in [-0.2, 0) is 6.61 Å². The maximum Gasteiger partial charge on any atom is 0.267 e. The number of hydrogen-bond acceptors (Lipinski definition) is 5. The number of carbonyl (C=O) groups is 2. The van der Waals surface area contributed by atoms with Crippen LogP contribution < -0.4 is 10.1 Å². The van der Waals surface area contributed by atoms with Gasteiger partial charge >= 0.3 is 0 Å². The van der Waals surface area contributed by atoms with Gasteiger partial charge in [0.2, 0.25) is 0 Å². The molecule has 0 bridgehead atoms. The van der Waals surface area contributed by atoms with Crippen LogP contribution in [0.25, 0.3) is 11.3 Å². The smallest absolute Gasteiger partial charge is 0.267 e. The number of nitrogens with one attached hydrogen (secondary N) is 2. The average molecular weight is 456 g/mol. The maximum absolute atomic E-state index is 13.3. The van der Waals surface area contributed by atoms with Crippen molar-refractivity contribution in [1.29, 1.82) is 0 Å². The van der Waals surface area contributed by atoms with Gasteiger partial charge in [0.15, 0.2) is 5.78 Å². The van der Waals surface area contributed by atoms with Crippen molar-refractivity contribution in [2.75, 3.05) is 0 Å². The van der Waals surface area contributed by atoms with E-state index in [1.807, 2.05) is 54.6 Å². The van der Waals surface area contributed by atoms with Crippen molar-refractivity contribution in [3.05, 3.63) is 95.0 Å². The first-order chi connectivity index (χ1) is 16.6. The van der Waals surface area contributed by atoms with E-state index >= 15 is 0 Å². The number of benzene rings is 2. The molecule has 2 aromatic heterocycles. The normalized spacial score (nSPS) is 13.3. The molecular weight excluding hydrogens is 430 g/mol. The van der Waals surface area contributed by atoms with Crippen molar-refractivity contribution in [1.82, 2.24) is 15.5 Å². The van der Waals surface area contributed by atoms with Crippen LogP contribution in [-0.4, -0.2) is 27.9 Å². The highest BCUT2D eigenvalue weighted by Crippen LogP contribution is 2.29. The first kappa shape index (κ1) is 21.7. The summed E-state index contributed by atoms with van der Waals surface area (Å²) in [6, 6.07) is 19.1. The number of ether oxygens (including phenoxy) is 1. The minimum Gasteiger partial charge on any atom is -0.489 e. The first-order valence-electron chi connectivity index (χ1n) is 11.4. The fourth-order valence-corrected chi connectivity index (χ4v) is 3.90. The van der Waals surface area contributed by atoms with Crippen LogP contribution in [0.1, 0.15) is 57.0 Å². The number of rotatable bonds is 8. The number of aromatic nitrogens is 2. The molecule has 0 saturated heterocycles. The zero-order valence-electron chi connectivity index (χ0n) is 18.8. The second-order valence-electron chi connectivity index (χ2n) is 8.49. The molecule has 172 valence electrons. The molecule has 0 aliphatic heterocycles. The second-order valence-corrected chi connectivity index (χ2v) is 8.49. The van der Waals surface area contributed by atoms with E-state index in [4.69, 9.17) is 9.26 Å². The van der Waals surface area contributed by atoms with Gasteiger partial charge in [-0.3, -0.25) is 9.59 Å². The zero-order chi connectivity index (χ0) is 23.5. The Morgan fingerprint density at radius 1 is 1.12 bits per heavy atom. The molecule has 1 fully saturated rings. The number of hydrogen-bond donors (Lipinski definition) is 2. The van der Waals surface area contributed by atoms with Crippen molar-refractivity contribution in [3.63, 3.8) is 0 Å². The number of aryl methyl sites for hydroxylation is 1. The SMILES string of the molecule is Cc1onc(-c2ccc(OCc3ccccc3)cc2)c1C(=O)c1c[nH]c(C(=O)NC2CCC2)c1. The van der Waals surface area contributed by atoms with Gasteiger partial charge in [0.05, 0.1) is 5.56 Å². The Bertz CT molecular complexity index is 1300. The number of amides is 1. The molecule has 4 aromatic rings. The third-order valence-electron chi connectivity index (χ3n) is 6.10. The maximum atomic E-state index is 13.3. The van der Waals surface area contributed by atoms with E-state index in [-0.39, 0.29) is 17.7 Å². The number of H-pyrrole nitrogens is 1. The predicted molar refractivity (Wildman–Crippen MR) is 127 cm³/mol. The van der Waals surface area contributed by atoms with Crippen LogP contribution in [0.15, 0.2) is 71.4 Å². The van der Waals surface area contributed by atoms with Gasteiger partial charge in [-0.05, 0) is 62.1 Å². The van der Waals surface area contributed by atoms with Gasteiger partial charge in [0.1, 0.15) is 29.5 Å². The van der Waals surface area contributed by atoms with Crippen LogP contribution in [0.4, 0.5) is 0 Å². The molecule has 34 heavy (non-hydrogen) atoms. The highest BCUT2D eigenvalue weighted by Gasteiger charge is 2.25. The van der Waals surface area contributed by atoms with E-state index < -0.39 is 0 Å². The molecule has 2 heterocycles. The molecule has 7 nitrogen and oxygen atoms in total. The van der Waals surface area contributed by atoms with E-state index in [1.165, 1.54) is 0 Å². The van der Waals surface area contributed by atoms with Crippen molar-refractivity contribution >= 4 is 11.7 Å². The van der Waals surface area contributed by atoms with Gasteiger partial charge in [-0.2, -0.15) is 0 Å². The Hall–Kier alpha value is -4.13. The lowest BCUT2D eigenvalue weighted by Gasteiger charge is -2.25. The molecular formula is C27H25N3O4. The number of nitrogens with zero attached hydrogens (tertiary/aromatic N) is 1. The molecule has 1 aliphatic carbocycles. The van der Waals surface area contributed by atoms with E-state index in [0.717, 1.165) is 30.4 Å². The van der Waals surface area contributed by atoms with Gasteiger partial charge in [-0.25, -0.2) is 0 Å². The van der Waals surface area contributed by atoms with Crippen molar-refractivity contribution in [2.24, 2.45) is 0 Å². The van der Waals surface area contributed by atoms with E-state index in [0.29, 0.717) is 40.6 Å². The van der Waals surface area contributed by atoms with E-state index in [2.05, 4.69) is 15.5 Å². The largest absolute Gasteiger partial charge is 0.489 e. The van der Waals surface area contributed by atoms with Gasteiger partial charge < -0.3 is 19.6 Å². The molecule has 2 aromatic carbocycles. The molecule has 7 heteroatoms. The van der Waals surface area contributed by atoms with Crippen molar-refractivity contribution < 1.29 is 18.8 Å². The van der Waals surface area contributed by atoms with E-state index in [1.54, 1.807) is 19.2 Å². The van der Waals surface area contributed by atoms with Gasteiger partial charge in [-0.1, -0.05) is 35.5 Å². The Kier molecular flexibility index (Phi) is 5.99. The summed E-state index contributed by atoms with van der Waals surface area (Å²) < 4.78 is 11.2.